The summed E-state index contributed by atoms with van der Waals surface area (Å²) in [4.78, 5) is 2.44. The van der Waals surface area contributed by atoms with Crippen molar-refractivity contribution in [2.24, 2.45) is 0 Å². The van der Waals surface area contributed by atoms with Gasteiger partial charge in [0.1, 0.15) is 5.58 Å². The monoisotopic (exact) mass is 752 g/mol. The predicted octanol–water partition coefficient (Wildman–Crippen LogP) is 15.8. The summed E-state index contributed by atoms with van der Waals surface area (Å²) in [6.07, 6.45) is 0. The first-order valence-corrected chi connectivity index (χ1v) is 20.2. The van der Waals surface area contributed by atoms with Gasteiger partial charge in [-0.05, 0) is 105 Å². The molecule has 2 heterocycles. The maximum atomic E-state index is 6.94. The van der Waals surface area contributed by atoms with E-state index in [4.69, 9.17) is 4.42 Å². The highest BCUT2D eigenvalue weighted by Crippen LogP contribution is 2.50. The van der Waals surface area contributed by atoms with Crippen LogP contribution < -0.4 is 4.90 Å². The predicted molar refractivity (Wildman–Crippen MR) is 249 cm³/mol. The largest absolute Gasteiger partial charge is 0.454 e. The van der Waals surface area contributed by atoms with Gasteiger partial charge in [0.05, 0.1) is 22.4 Å². The average molecular weight is 753 g/mol. The van der Waals surface area contributed by atoms with Crippen LogP contribution in [0.5, 0.6) is 0 Å². The number of anilines is 3. The fourth-order valence-electron chi connectivity index (χ4n) is 9.29. The first kappa shape index (κ1) is 33.3. The fraction of sp³-hybridized carbons (Fsp3) is 0. The molecule has 10 aromatic carbocycles. The van der Waals surface area contributed by atoms with Crippen LogP contribution in [0.3, 0.4) is 0 Å². The lowest BCUT2D eigenvalue weighted by molar-refractivity contribution is 0.669. The van der Waals surface area contributed by atoms with Crippen molar-refractivity contribution in [1.29, 1.82) is 0 Å². The van der Waals surface area contributed by atoms with E-state index in [0.717, 1.165) is 72.1 Å². The Kier molecular flexibility index (Phi) is 7.54. The van der Waals surface area contributed by atoms with Gasteiger partial charge in [-0.3, -0.25) is 0 Å². The maximum absolute atomic E-state index is 6.94. The Morgan fingerprint density at radius 2 is 1.02 bits per heavy atom. The second kappa shape index (κ2) is 13.4. The van der Waals surface area contributed by atoms with Crippen molar-refractivity contribution in [1.82, 2.24) is 4.57 Å². The zero-order chi connectivity index (χ0) is 38.9. The molecule has 12 rings (SSSR count). The second-order valence-corrected chi connectivity index (χ2v) is 15.3. The van der Waals surface area contributed by atoms with E-state index in [1.165, 1.54) is 38.2 Å². The van der Waals surface area contributed by atoms with Crippen LogP contribution in [0.2, 0.25) is 0 Å². The number of benzene rings is 10. The third-order valence-electron chi connectivity index (χ3n) is 11.9. The minimum atomic E-state index is 0.860. The smallest absolute Gasteiger partial charge is 0.160 e. The average Bonchev–Trinajstić information content (AvgIpc) is 3.85. The molecule has 3 heteroatoms. The summed E-state index contributed by atoms with van der Waals surface area (Å²) in [5.41, 5.74) is 13.1. The SMILES string of the molecule is c1ccc(-c2cc(-c3ccc(N(c4c5ccccc5cc5c4oc4ccccc45)c4cccc5c4c4ccccc4n5-c4ccccc4)cc3)c3ccccc3c2)cc1. The molecule has 0 aliphatic carbocycles. The van der Waals surface area contributed by atoms with Gasteiger partial charge in [-0.25, -0.2) is 0 Å². The number of nitrogens with zero attached hydrogens (tertiary/aromatic N) is 2. The van der Waals surface area contributed by atoms with Crippen LogP contribution in [0.1, 0.15) is 0 Å². The zero-order valence-corrected chi connectivity index (χ0v) is 32.1. The van der Waals surface area contributed by atoms with Crippen molar-refractivity contribution in [3.63, 3.8) is 0 Å². The fourth-order valence-corrected chi connectivity index (χ4v) is 9.29. The molecule has 0 radical (unpaired) electrons. The summed E-state index contributed by atoms with van der Waals surface area (Å²) < 4.78 is 9.33. The van der Waals surface area contributed by atoms with E-state index in [1.54, 1.807) is 0 Å². The highest BCUT2D eigenvalue weighted by atomic mass is 16.3. The van der Waals surface area contributed by atoms with Crippen molar-refractivity contribution >= 4 is 82.4 Å². The lowest BCUT2D eigenvalue weighted by atomic mass is 9.93. The van der Waals surface area contributed by atoms with Crippen molar-refractivity contribution < 1.29 is 4.42 Å². The minimum absolute atomic E-state index is 0.860. The molecule has 2 aromatic heterocycles. The quantitative estimate of drug-likeness (QED) is 0.169. The van der Waals surface area contributed by atoms with Crippen molar-refractivity contribution in [3.8, 4) is 27.9 Å². The molecule has 0 amide bonds. The van der Waals surface area contributed by atoms with Crippen LogP contribution >= 0.6 is 0 Å². The Balaban J connectivity index is 1.16. The summed E-state index contributed by atoms with van der Waals surface area (Å²) >= 11 is 0. The Morgan fingerprint density at radius 3 is 1.81 bits per heavy atom. The number of fused-ring (bicyclic) bond motifs is 8. The summed E-state index contributed by atoms with van der Waals surface area (Å²) in [6.45, 7) is 0. The van der Waals surface area contributed by atoms with Crippen molar-refractivity contribution in [2.45, 2.75) is 0 Å². The van der Waals surface area contributed by atoms with Gasteiger partial charge in [0.2, 0.25) is 0 Å². The molecule has 0 unspecified atom stereocenters. The van der Waals surface area contributed by atoms with Gasteiger partial charge in [-0.2, -0.15) is 0 Å². The minimum Gasteiger partial charge on any atom is -0.454 e. The molecule has 0 aliphatic rings. The lowest BCUT2D eigenvalue weighted by Gasteiger charge is -2.28. The zero-order valence-electron chi connectivity index (χ0n) is 32.1. The molecule has 0 saturated carbocycles. The summed E-state index contributed by atoms with van der Waals surface area (Å²) in [7, 11) is 0. The van der Waals surface area contributed by atoms with Crippen LogP contribution in [0.15, 0.2) is 223 Å². The van der Waals surface area contributed by atoms with E-state index in [-0.39, 0.29) is 0 Å². The topological polar surface area (TPSA) is 21.3 Å². The van der Waals surface area contributed by atoms with E-state index < -0.39 is 0 Å². The number of para-hydroxylation sites is 3. The van der Waals surface area contributed by atoms with Crippen LogP contribution in [0, 0.1) is 0 Å². The van der Waals surface area contributed by atoms with E-state index in [1.807, 2.05) is 0 Å². The number of aromatic nitrogens is 1. The van der Waals surface area contributed by atoms with E-state index in [0.29, 0.717) is 0 Å². The van der Waals surface area contributed by atoms with Crippen LogP contribution in [-0.4, -0.2) is 4.57 Å². The molecular weight excluding hydrogens is 717 g/mol. The van der Waals surface area contributed by atoms with Gasteiger partial charge in [-0.15, -0.1) is 0 Å². The second-order valence-electron chi connectivity index (χ2n) is 15.3. The molecule has 3 nitrogen and oxygen atoms in total. The molecule has 0 spiro atoms. The Bertz CT molecular complexity index is 3540. The standard InChI is InChI=1S/C56H36N2O/c1-3-16-37(17-4-1)41-34-39-18-7-9-22-44(39)48(36-41)38-30-32-43(33-31-38)58(55-45-23-10-8-19-40(45)35-49-46-24-12-14-29-53(46)59-56(49)55)52-28-15-27-51-54(52)47-25-11-13-26-50(47)57(51)42-20-5-2-6-21-42/h1-36H. The summed E-state index contributed by atoms with van der Waals surface area (Å²) in [5, 5.41) is 9.30. The van der Waals surface area contributed by atoms with Crippen molar-refractivity contribution in [3.05, 3.63) is 218 Å². The van der Waals surface area contributed by atoms with E-state index >= 15 is 0 Å². The van der Waals surface area contributed by atoms with Gasteiger partial charge in [0, 0.05) is 38.3 Å². The molecule has 0 fully saturated rings. The maximum Gasteiger partial charge on any atom is 0.160 e. The van der Waals surface area contributed by atoms with Gasteiger partial charge < -0.3 is 13.9 Å². The normalized spacial score (nSPS) is 11.7. The molecule has 276 valence electrons. The molecule has 0 saturated heterocycles. The van der Waals surface area contributed by atoms with Crippen LogP contribution in [0.25, 0.3) is 93.2 Å². The third-order valence-corrected chi connectivity index (χ3v) is 11.9. The molecular formula is C56H36N2O. The number of hydrogen-bond acceptors (Lipinski definition) is 2. The Hall–Kier alpha value is -7.88. The summed E-state index contributed by atoms with van der Waals surface area (Å²) in [6, 6.07) is 78.7. The number of rotatable bonds is 6. The molecule has 0 atom stereocenters. The highest BCUT2D eigenvalue weighted by molar-refractivity contribution is 6.22. The van der Waals surface area contributed by atoms with E-state index in [9.17, 15) is 0 Å². The summed E-state index contributed by atoms with van der Waals surface area (Å²) in [5.74, 6) is 0. The number of furan rings is 1. The van der Waals surface area contributed by atoms with Gasteiger partial charge in [-0.1, -0.05) is 152 Å². The molecule has 59 heavy (non-hydrogen) atoms. The first-order valence-electron chi connectivity index (χ1n) is 20.2. The Labute approximate surface area is 341 Å². The first-order chi connectivity index (χ1) is 29.3. The molecule has 0 aliphatic heterocycles. The molecule has 0 bridgehead atoms. The van der Waals surface area contributed by atoms with Crippen LogP contribution in [0.4, 0.5) is 17.1 Å². The van der Waals surface area contributed by atoms with Crippen molar-refractivity contribution in [2.75, 3.05) is 4.90 Å². The third kappa shape index (κ3) is 5.29. The highest BCUT2D eigenvalue weighted by Gasteiger charge is 2.26. The molecule has 0 N–H and O–H groups in total. The number of hydrogen-bond donors (Lipinski definition) is 0. The van der Waals surface area contributed by atoms with Gasteiger partial charge in [0.15, 0.2) is 5.58 Å². The Morgan fingerprint density at radius 1 is 0.390 bits per heavy atom. The lowest BCUT2D eigenvalue weighted by Crippen LogP contribution is -2.11. The van der Waals surface area contributed by atoms with Gasteiger partial charge in [0.25, 0.3) is 0 Å². The van der Waals surface area contributed by atoms with Gasteiger partial charge >= 0.3 is 0 Å². The van der Waals surface area contributed by atoms with Crippen LogP contribution in [-0.2, 0) is 0 Å². The van der Waals surface area contributed by atoms with E-state index in [2.05, 4.69) is 228 Å². The molecule has 12 aromatic rings.